The molecule has 2 aliphatic rings. The number of aliphatic hydroxyl groups is 2. The fourth-order valence-electron chi connectivity index (χ4n) is 4.71. The molecule has 0 bridgehead atoms. The molecule has 192 valence electrons. The van der Waals surface area contributed by atoms with E-state index in [0.29, 0.717) is 55.5 Å². The maximum atomic E-state index is 10.2. The zero-order valence-electron chi connectivity index (χ0n) is 20.7. The zero-order valence-corrected chi connectivity index (χ0v) is 22.2. The lowest BCUT2D eigenvalue weighted by atomic mass is 9.94. The molecule has 6 N–H and O–H groups in total. The van der Waals surface area contributed by atoms with Crippen LogP contribution < -0.4 is 11.5 Å². The highest BCUT2D eigenvalue weighted by atomic mass is 35.5. The quantitative estimate of drug-likeness (QED) is 0.223. The number of nitrogens with two attached hydrogens (primary N) is 2. The van der Waals surface area contributed by atoms with Crippen LogP contribution >= 0.6 is 23.2 Å². The second kappa shape index (κ2) is 8.52. The second-order valence-corrected chi connectivity index (χ2v) is 11.6. The smallest absolute Gasteiger partial charge is 0.186 e. The normalized spacial score (nSPS) is 16.4. The van der Waals surface area contributed by atoms with Crippen LogP contribution in [0.1, 0.15) is 87.7 Å². The summed E-state index contributed by atoms with van der Waals surface area (Å²) >= 11 is 12.7. The van der Waals surface area contributed by atoms with E-state index in [-0.39, 0.29) is 0 Å². The first-order chi connectivity index (χ1) is 16.8. The standard InChI is InChI=1S/2C13H15ClN2O2/c1-13(2,17)9-8(15)5-7-11(6-3-4-6)16-18-12(7)10(9)14;1-13(2,17)10-7(15)5-8-9(11(10)14)12(16-18-8)6-3-4-6/h2*5-6,17H,3-4,15H2,1-2H3. The minimum absolute atomic E-state index is 0.358. The van der Waals surface area contributed by atoms with Gasteiger partial charge in [0.2, 0.25) is 0 Å². The molecule has 2 fully saturated rings. The largest absolute Gasteiger partial charge is 0.398 e. The van der Waals surface area contributed by atoms with Crippen LogP contribution in [0.5, 0.6) is 0 Å². The topological polar surface area (TPSA) is 145 Å². The molecule has 0 unspecified atom stereocenters. The van der Waals surface area contributed by atoms with Gasteiger partial charge in [-0.2, -0.15) is 0 Å². The molecule has 10 heteroatoms. The Bertz CT molecular complexity index is 1470. The van der Waals surface area contributed by atoms with Crippen LogP contribution in [0, 0.1) is 0 Å². The van der Waals surface area contributed by atoms with Gasteiger partial charge in [-0.25, -0.2) is 0 Å². The number of fused-ring (bicyclic) bond motifs is 2. The number of rotatable bonds is 4. The highest BCUT2D eigenvalue weighted by molar-refractivity contribution is 6.37. The number of hydrogen-bond donors (Lipinski definition) is 4. The van der Waals surface area contributed by atoms with Gasteiger partial charge in [-0.1, -0.05) is 33.5 Å². The third-order valence-electron chi connectivity index (χ3n) is 6.67. The van der Waals surface area contributed by atoms with E-state index in [2.05, 4.69) is 10.3 Å². The lowest BCUT2D eigenvalue weighted by molar-refractivity contribution is 0.0790. The van der Waals surface area contributed by atoms with Crippen molar-refractivity contribution in [1.29, 1.82) is 0 Å². The summed E-state index contributed by atoms with van der Waals surface area (Å²) in [6, 6.07) is 3.49. The minimum Gasteiger partial charge on any atom is -0.398 e. The Morgan fingerprint density at radius 1 is 0.806 bits per heavy atom. The molecule has 2 aliphatic carbocycles. The summed E-state index contributed by atoms with van der Waals surface area (Å²) in [4.78, 5) is 0. The number of aromatic nitrogens is 2. The maximum Gasteiger partial charge on any atom is 0.186 e. The lowest BCUT2D eigenvalue weighted by Gasteiger charge is -2.21. The third-order valence-corrected chi connectivity index (χ3v) is 7.41. The number of benzene rings is 2. The van der Waals surface area contributed by atoms with Crippen molar-refractivity contribution >= 4 is 56.5 Å². The Balaban J connectivity index is 0.000000148. The van der Waals surface area contributed by atoms with Crippen LogP contribution in [0.3, 0.4) is 0 Å². The average Bonchev–Trinajstić information content (AvgIpc) is 3.67. The lowest BCUT2D eigenvalue weighted by Crippen LogP contribution is -2.18. The molecule has 2 saturated carbocycles. The molecule has 0 spiro atoms. The summed E-state index contributed by atoms with van der Waals surface area (Å²) in [7, 11) is 0. The Morgan fingerprint density at radius 3 is 1.86 bits per heavy atom. The molecule has 6 rings (SSSR count). The van der Waals surface area contributed by atoms with Crippen molar-refractivity contribution in [3.8, 4) is 0 Å². The Labute approximate surface area is 218 Å². The van der Waals surface area contributed by atoms with Gasteiger partial charge in [-0.05, 0) is 59.4 Å². The highest BCUT2D eigenvalue weighted by Crippen LogP contribution is 2.48. The van der Waals surface area contributed by atoms with Crippen molar-refractivity contribution in [3.63, 3.8) is 0 Å². The Morgan fingerprint density at radius 2 is 1.31 bits per heavy atom. The van der Waals surface area contributed by atoms with Gasteiger partial charge in [0.05, 0.1) is 38.0 Å². The van der Waals surface area contributed by atoms with Gasteiger partial charge in [-0.3, -0.25) is 0 Å². The van der Waals surface area contributed by atoms with Crippen LogP contribution in [0.15, 0.2) is 21.2 Å². The second-order valence-electron chi connectivity index (χ2n) is 10.9. The van der Waals surface area contributed by atoms with E-state index in [4.69, 9.17) is 43.7 Å². The van der Waals surface area contributed by atoms with Gasteiger partial charge in [0.15, 0.2) is 11.2 Å². The predicted molar refractivity (Wildman–Crippen MR) is 141 cm³/mol. The average molecular weight is 533 g/mol. The van der Waals surface area contributed by atoms with E-state index < -0.39 is 11.2 Å². The fraction of sp³-hybridized carbons (Fsp3) is 0.462. The molecule has 0 amide bonds. The summed E-state index contributed by atoms with van der Waals surface area (Å²) in [6.07, 6.45) is 4.49. The van der Waals surface area contributed by atoms with E-state index in [9.17, 15) is 10.2 Å². The molecule has 8 nitrogen and oxygen atoms in total. The van der Waals surface area contributed by atoms with Gasteiger partial charge in [0.1, 0.15) is 0 Å². The van der Waals surface area contributed by atoms with Crippen LogP contribution in [-0.2, 0) is 11.2 Å². The number of nitrogens with zero attached hydrogens (tertiary/aromatic N) is 2. The highest BCUT2D eigenvalue weighted by Gasteiger charge is 2.34. The third kappa shape index (κ3) is 4.41. The first-order valence-electron chi connectivity index (χ1n) is 12.0. The molecule has 0 atom stereocenters. The van der Waals surface area contributed by atoms with E-state index in [1.165, 1.54) is 0 Å². The molecule has 2 aromatic heterocycles. The summed E-state index contributed by atoms with van der Waals surface area (Å²) < 4.78 is 10.6. The molecule has 36 heavy (non-hydrogen) atoms. The van der Waals surface area contributed by atoms with Gasteiger partial charge in [0, 0.05) is 45.8 Å². The number of halogens is 2. The first-order valence-corrected chi connectivity index (χ1v) is 12.7. The molecule has 2 aromatic carbocycles. The predicted octanol–water partition coefficient (Wildman–Crippen LogP) is 6.34. The Kier molecular flexibility index (Phi) is 5.95. The van der Waals surface area contributed by atoms with Crippen molar-refractivity contribution in [2.45, 2.75) is 76.4 Å². The zero-order chi connectivity index (χ0) is 26.2. The van der Waals surface area contributed by atoms with Gasteiger partial charge in [-0.15, -0.1) is 0 Å². The van der Waals surface area contributed by atoms with Crippen LogP contribution in [0.4, 0.5) is 11.4 Å². The van der Waals surface area contributed by atoms with Gasteiger partial charge in [0.25, 0.3) is 0 Å². The first kappa shape index (κ1) is 25.1. The fourth-order valence-corrected chi connectivity index (χ4v) is 5.71. The molecule has 0 saturated heterocycles. The van der Waals surface area contributed by atoms with Crippen LogP contribution in [0.2, 0.25) is 10.0 Å². The molecular weight excluding hydrogens is 503 g/mol. The molecule has 0 radical (unpaired) electrons. The maximum absolute atomic E-state index is 10.2. The SMILES string of the molecule is CC(C)(O)c1c(N)cc2c(C3CC3)noc2c1Cl.CC(C)(O)c1c(N)cc2onc(C3CC3)c2c1Cl. The van der Waals surface area contributed by atoms with E-state index in [1.54, 1.807) is 39.8 Å². The monoisotopic (exact) mass is 532 g/mol. The number of anilines is 2. The molecule has 4 aromatic rings. The summed E-state index contributed by atoms with van der Waals surface area (Å²) in [5.41, 5.74) is 14.6. The van der Waals surface area contributed by atoms with Gasteiger partial charge < -0.3 is 30.7 Å². The van der Waals surface area contributed by atoms with E-state index >= 15 is 0 Å². The van der Waals surface area contributed by atoms with Crippen molar-refractivity contribution in [1.82, 2.24) is 10.3 Å². The summed E-state index contributed by atoms with van der Waals surface area (Å²) in [5.74, 6) is 0.900. The Hall–Kier alpha value is -2.52. The van der Waals surface area contributed by atoms with Crippen molar-refractivity contribution in [3.05, 3.63) is 44.7 Å². The summed E-state index contributed by atoms with van der Waals surface area (Å²) in [6.45, 7) is 6.63. The molecule has 2 heterocycles. The number of nitrogen functional groups attached to an aromatic ring is 2. The summed E-state index contributed by atoms with van der Waals surface area (Å²) in [5, 5.41) is 30.9. The van der Waals surface area contributed by atoms with E-state index in [0.717, 1.165) is 47.8 Å². The molecular formula is C26H30Cl2N4O4. The minimum atomic E-state index is -1.11. The number of hydrogen-bond acceptors (Lipinski definition) is 8. The van der Waals surface area contributed by atoms with Crippen molar-refractivity contribution < 1.29 is 19.3 Å². The van der Waals surface area contributed by atoms with Gasteiger partial charge >= 0.3 is 0 Å². The van der Waals surface area contributed by atoms with E-state index in [1.807, 2.05) is 0 Å². The van der Waals surface area contributed by atoms with Crippen LogP contribution in [-0.4, -0.2) is 20.5 Å². The molecule has 0 aliphatic heterocycles. The van der Waals surface area contributed by atoms with Crippen molar-refractivity contribution in [2.24, 2.45) is 0 Å². The van der Waals surface area contributed by atoms with Crippen LogP contribution in [0.25, 0.3) is 21.9 Å². The van der Waals surface area contributed by atoms with Crippen molar-refractivity contribution in [2.75, 3.05) is 11.5 Å².